The quantitative estimate of drug-likeness (QED) is 0.867. The number of hydrogen-bond donors (Lipinski definition) is 2. The molecule has 0 unspecified atom stereocenters. The monoisotopic (exact) mass is 326 g/mol. The van der Waals surface area contributed by atoms with Crippen molar-refractivity contribution in [2.45, 2.75) is 53.1 Å². The van der Waals surface area contributed by atoms with E-state index in [1.807, 2.05) is 34.6 Å². The van der Waals surface area contributed by atoms with Gasteiger partial charge in [0.1, 0.15) is 0 Å². The van der Waals surface area contributed by atoms with Crippen molar-refractivity contribution >= 4 is 28.3 Å². The average Bonchev–Trinajstić information content (AvgIpc) is 2.64. The maximum Gasteiger partial charge on any atom is 0.243 e. The second kappa shape index (κ2) is 7.19. The Labute approximate surface area is 136 Å². The highest BCUT2D eigenvalue weighted by Gasteiger charge is 2.22. The summed E-state index contributed by atoms with van der Waals surface area (Å²) in [5.74, 6) is -0.268. The molecule has 1 rings (SSSR count). The number of rotatable bonds is 5. The molecule has 2 amide bonds. The molecule has 0 spiro atoms. The molecule has 2 N–H and O–H groups in total. The minimum atomic E-state index is -0.421. The third-order valence-corrected chi connectivity index (χ3v) is 4.19. The van der Waals surface area contributed by atoms with Crippen LogP contribution in [0.1, 0.15) is 38.3 Å². The molecular weight excluding hydrogens is 300 g/mol. The van der Waals surface area contributed by atoms with Gasteiger partial charge in [0.05, 0.1) is 18.3 Å². The summed E-state index contributed by atoms with van der Waals surface area (Å²) in [6.45, 7) is 11.6. The van der Waals surface area contributed by atoms with Crippen LogP contribution in [0.5, 0.6) is 0 Å². The Morgan fingerprint density at radius 2 is 1.91 bits per heavy atom. The maximum atomic E-state index is 12.2. The summed E-state index contributed by atoms with van der Waals surface area (Å²) < 4.78 is 0. The number of aryl methyl sites for hydroxylation is 2. The van der Waals surface area contributed by atoms with E-state index < -0.39 is 6.04 Å². The number of nitrogens with zero attached hydrogens (tertiary/aromatic N) is 2. The van der Waals surface area contributed by atoms with Gasteiger partial charge in [-0.3, -0.25) is 14.5 Å². The zero-order valence-corrected chi connectivity index (χ0v) is 15.2. The lowest BCUT2D eigenvalue weighted by atomic mass is 10.1. The summed E-state index contributed by atoms with van der Waals surface area (Å²) in [4.78, 5) is 31.2. The van der Waals surface area contributed by atoms with Crippen molar-refractivity contribution in [3.8, 4) is 0 Å². The van der Waals surface area contributed by atoms with Crippen molar-refractivity contribution in [2.75, 3.05) is 18.9 Å². The lowest BCUT2D eigenvalue weighted by Gasteiger charge is -2.26. The lowest BCUT2D eigenvalue weighted by Crippen LogP contribution is -2.49. The third kappa shape index (κ3) is 5.73. The number of nitrogens with one attached hydrogen (secondary N) is 2. The predicted octanol–water partition coefficient (Wildman–Crippen LogP) is 1.93. The summed E-state index contributed by atoms with van der Waals surface area (Å²) in [6, 6.07) is -0.421. The van der Waals surface area contributed by atoms with Gasteiger partial charge < -0.3 is 10.6 Å². The van der Waals surface area contributed by atoms with E-state index in [0.717, 1.165) is 10.6 Å². The fourth-order valence-corrected chi connectivity index (χ4v) is 2.58. The largest absolute Gasteiger partial charge is 0.350 e. The number of carbonyl (C=O) groups excluding carboxylic acids is 2. The van der Waals surface area contributed by atoms with Gasteiger partial charge in [-0.25, -0.2) is 4.98 Å². The van der Waals surface area contributed by atoms with Gasteiger partial charge in [-0.15, -0.1) is 11.3 Å². The molecule has 1 atom stereocenters. The number of carbonyl (C=O) groups is 2. The van der Waals surface area contributed by atoms with Gasteiger partial charge in [-0.2, -0.15) is 0 Å². The summed E-state index contributed by atoms with van der Waals surface area (Å²) in [6.07, 6.45) is 0. The number of hydrogen-bond acceptors (Lipinski definition) is 5. The van der Waals surface area contributed by atoms with E-state index in [-0.39, 0.29) is 23.9 Å². The summed E-state index contributed by atoms with van der Waals surface area (Å²) in [5.41, 5.74) is 0.644. The summed E-state index contributed by atoms with van der Waals surface area (Å²) in [7, 11) is 1.75. The zero-order valence-electron chi connectivity index (χ0n) is 14.4. The van der Waals surface area contributed by atoms with Crippen LogP contribution >= 0.6 is 11.3 Å². The van der Waals surface area contributed by atoms with Crippen LogP contribution < -0.4 is 10.6 Å². The standard InChI is InChI=1S/C15H26N4O2S/c1-9-11(3)22-14(16-9)17-13(21)10(2)19(7)8-12(20)18-15(4,5)6/h10H,8H2,1-7H3,(H,18,20)(H,16,17,21)/t10-/m0/s1. The van der Waals surface area contributed by atoms with E-state index in [0.29, 0.717) is 5.13 Å². The molecule has 6 nitrogen and oxygen atoms in total. The van der Waals surface area contributed by atoms with Crippen molar-refractivity contribution in [1.82, 2.24) is 15.2 Å². The Morgan fingerprint density at radius 1 is 1.32 bits per heavy atom. The van der Waals surface area contributed by atoms with Crippen LogP contribution in [0.2, 0.25) is 0 Å². The third-order valence-electron chi connectivity index (χ3n) is 3.21. The van der Waals surface area contributed by atoms with Gasteiger partial charge in [-0.05, 0) is 48.6 Å². The van der Waals surface area contributed by atoms with Crippen LogP contribution in [-0.2, 0) is 9.59 Å². The minimum absolute atomic E-state index is 0.101. The molecule has 0 saturated heterocycles. The van der Waals surface area contributed by atoms with Crippen LogP contribution in [0.15, 0.2) is 0 Å². The zero-order chi connectivity index (χ0) is 17.1. The Morgan fingerprint density at radius 3 is 2.36 bits per heavy atom. The molecule has 0 aliphatic heterocycles. The van der Waals surface area contributed by atoms with E-state index in [2.05, 4.69) is 15.6 Å². The topological polar surface area (TPSA) is 74.3 Å². The molecule has 0 fully saturated rings. The SMILES string of the molecule is Cc1nc(NC(=O)[C@H](C)N(C)CC(=O)NC(C)(C)C)sc1C. The second-order valence-electron chi connectivity index (χ2n) is 6.54. The molecule has 1 aromatic heterocycles. The molecule has 1 heterocycles. The van der Waals surface area contributed by atoms with E-state index in [9.17, 15) is 9.59 Å². The van der Waals surface area contributed by atoms with Crippen LogP contribution in [0.25, 0.3) is 0 Å². The van der Waals surface area contributed by atoms with Gasteiger partial charge in [0, 0.05) is 10.4 Å². The van der Waals surface area contributed by atoms with Crippen molar-refractivity contribution < 1.29 is 9.59 Å². The van der Waals surface area contributed by atoms with E-state index >= 15 is 0 Å². The first-order valence-electron chi connectivity index (χ1n) is 7.25. The van der Waals surface area contributed by atoms with Crippen LogP contribution in [0, 0.1) is 13.8 Å². The first-order valence-corrected chi connectivity index (χ1v) is 8.07. The minimum Gasteiger partial charge on any atom is -0.350 e. The van der Waals surface area contributed by atoms with E-state index in [1.54, 1.807) is 18.9 Å². The Hall–Kier alpha value is -1.47. The van der Waals surface area contributed by atoms with Gasteiger partial charge >= 0.3 is 0 Å². The molecule has 0 bridgehead atoms. The molecule has 22 heavy (non-hydrogen) atoms. The maximum absolute atomic E-state index is 12.2. The van der Waals surface area contributed by atoms with E-state index in [4.69, 9.17) is 0 Å². The number of thiazole rings is 1. The Kier molecular flexibility index (Phi) is 6.08. The van der Waals surface area contributed by atoms with Crippen molar-refractivity contribution in [1.29, 1.82) is 0 Å². The number of amides is 2. The summed E-state index contributed by atoms with van der Waals surface area (Å²) >= 11 is 1.45. The first kappa shape index (κ1) is 18.6. The van der Waals surface area contributed by atoms with Crippen LogP contribution in [-0.4, -0.2) is 46.9 Å². The van der Waals surface area contributed by atoms with Crippen LogP contribution in [0.4, 0.5) is 5.13 Å². The Bertz CT molecular complexity index is 529. The molecule has 0 aliphatic rings. The second-order valence-corrected chi connectivity index (χ2v) is 7.74. The predicted molar refractivity (Wildman–Crippen MR) is 90.2 cm³/mol. The molecule has 0 aliphatic carbocycles. The highest BCUT2D eigenvalue weighted by Crippen LogP contribution is 2.21. The summed E-state index contributed by atoms with van der Waals surface area (Å²) in [5, 5.41) is 6.28. The molecule has 0 saturated carbocycles. The fourth-order valence-electron chi connectivity index (χ4n) is 1.76. The fraction of sp³-hybridized carbons (Fsp3) is 0.667. The van der Waals surface area contributed by atoms with E-state index in [1.165, 1.54) is 11.3 Å². The van der Waals surface area contributed by atoms with Gasteiger partial charge in [-0.1, -0.05) is 0 Å². The van der Waals surface area contributed by atoms with Crippen molar-refractivity contribution in [2.24, 2.45) is 0 Å². The lowest BCUT2D eigenvalue weighted by molar-refractivity contribution is -0.125. The molecule has 1 aromatic rings. The van der Waals surface area contributed by atoms with Crippen molar-refractivity contribution in [3.63, 3.8) is 0 Å². The van der Waals surface area contributed by atoms with Gasteiger partial charge in [0.15, 0.2) is 5.13 Å². The number of anilines is 1. The normalized spacial score (nSPS) is 13.1. The molecule has 124 valence electrons. The first-order chi connectivity index (χ1) is 9.99. The smallest absolute Gasteiger partial charge is 0.243 e. The van der Waals surface area contributed by atoms with Gasteiger partial charge in [0.25, 0.3) is 0 Å². The molecule has 0 aromatic carbocycles. The molecule has 7 heteroatoms. The molecular formula is C15H26N4O2S. The number of aromatic nitrogens is 1. The van der Waals surface area contributed by atoms with Crippen molar-refractivity contribution in [3.05, 3.63) is 10.6 Å². The van der Waals surface area contributed by atoms with Gasteiger partial charge in [0.2, 0.25) is 11.8 Å². The Balaban J connectivity index is 2.56. The highest BCUT2D eigenvalue weighted by molar-refractivity contribution is 7.15. The molecule has 0 radical (unpaired) electrons. The number of likely N-dealkylation sites (N-methyl/N-ethyl adjacent to an activating group) is 1. The average molecular weight is 326 g/mol. The van der Waals surface area contributed by atoms with Crippen LogP contribution in [0.3, 0.4) is 0 Å². The highest BCUT2D eigenvalue weighted by atomic mass is 32.1.